The Morgan fingerprint density at radius 1 is 0.796 bits per heavy atom. The minimum atomic E-state index is -5.08. The molecule has 11 heteroatoms. The average molecular weight is 676 g/mol. The molecule has 0 saturated carbocycles. The van der Waals surface area contributed by atoms with Crippen molar-refractivity contribution in [3.05, 3.63) is 119 Å². The normalized spacial score (nSPS) is 14.5. The van der Waals surface area contributed by atoms with E-state index in [1.165, 1.54) is 33.4 Å². The largest absolute Gasteiger partial charge is 0.490 e. The van der Waals surface area contributed by atoms with Crippen molar-refractivity contribution in [2.24, 2.45) is 0 Å². The third-order valence-corrected chi connectivity index (χ3v) is 8.53. The zero-order valence-corrected chi connectivity index (χ0v) is 27.3. The first-order chi connectivity index (χ1) is 23.5. The third kappa shape index (κ3) is 10.3. The van der Waals surface area contributed by atoms with Crippen LogP contribution in [-0.4, -0.2) is 58.9 Å². The van der Waals surface area contributed by atoms with E-state index in [1.807, 2.05) is 12.1 Å². The first-order valence-electron chi connectivity index (χ1n) is 16.2. The fraction of sp³-hybridized carbons (Fsp3) is 0.316. The van der Waals surface area contributed by atoms with Gasteiger partial charge < -0.3 is 24.8 Å². The van der Waals surface area contributed by atoms with E-state index in [9.17, 15) is 18.0 Å². The van der Waals surface area contributed by atoms with Crippen LogP contribution in [0.3, 0.4) is 0 Å². The number of carboxylic acids is 1. The lowest BCUT2D eigenvalue weighted by Crippen LogP contribution is -2.46. The molecule has 0 atom stereocenters. The zero-order valence-electron chi connectivity index (χ0n) is 27.3. The lowest BCUT2D eigenvalue weighted by molar-refractivity contribution is -0.192. The molecule has 6 rings (SSSR count). The van der Waals surface area contributed by atoms with Gasteiger partial charge in [-0.25, -0.2) is 4.79 Å². The summed E-state index contributed by atoms with van der Waals surface area (Å²) in [4.78, 5) is 26.2. The number of hydrogen-bond donors (Lipinski definition) is 2. The van der Waals surface area contributed by atoms with Gasteiger partial charge in [-0.15, -0.1) is 0 Å². The Bertz CT molecular complexity index is 1710. The van der Waals surface area contributed by atoms with Crippen molar-refractivity contribution >= 4 is 11.9 Å². The SMILES string of the molecule is CC(=O)N(Cc1cccc(-c2cccc(CNCc3ccc4c(c3)OCO4)c2)c1)C1CCN(Cc2ccccc2)CC1.O=C(O)C(F)(F)F. The molecular weight excluding hydrogens is 635 g/mol. The number of piperidine rings is 1. The predicted molar refractivity (Wildman–Crippen MR) is 180 cm³/mol. The number of rotatable bonds is 10. The Morgan fingerprint density at radius 3 is 2.00 bits per heavy atom. The molecule has 1 fully saturated rings. The van der Waals surface area contributed by atoms with Crippen molar-refractivity contribution in [1.29, 1.82) is 0 Å². The van der Waals surface area contributed by atoms with Crippen molar-refractivity contribution in [2.75, 3.05) is 19.9 Å². The van der Waals surface area contributed by atoms with Crippen molar-refractivity contribution < 1.29 is 37.3 Å². The molecule has 1 saturated heterocycles. The number of halogens is 3. The molecule has 2 heterocycles. The number of carbonyl (C=O) groups is 2. The monoisotopic (exact) mass is 675 g/mol. The van der Waals surface area contributed by atoms with E-state index >= 15 is 0 Å². The van der Waals surface area contributed by atoms with Crippen LogP contribution in [0, 0.1) is 0 Å². The highest BCUT2D eigenvalue weighted by Gasteiger charge is 2.38. The van der Waals surface area contributed by atoms with Gasteiger partial charge in [0.2, 0.25) is 12.7 Å². The number of hydrogen-bond acceptors (Lipinski definition) is 6. The van der Waals surface area contributed by atoms with Gasteiger partial charge in [-0.3, -0.25) is 9.69 Å². The van der Waals surface area contributed by atoms with Crippen molar-refractivity contribution in [3.8, 4) is 22.6 Å². The summed E-state index contributed by atoms with van der Waals surface area (Å²) in [6.07, 6.45) is -3.07. The smallest absolute Gasteiger partial charge is 0.475 e. The maximum atomic E-state index is 12.8. The topological polar surface area (TPSA) is 91.3 Å². The summed E-state index contributed by atoms with van der Waals surface area (Å²) in [6, 6.07) is 34.3. The molecule has 1 amide bonds. The van der Waals surface area contributed by atoms with Crippen molar-refractivity contribution in [2.45, 2.75) is 58.2 Å². The van der Waals surface area contributed by atoms with Crippen molar-refractivity contribution in [1.82, 2.24) is 15.1 Å². The van der Waals surface area contributed by atoms with Crippen LogP contribution in [0.5, 0.6) is 11.5 Å². The maximum Gasteiger partial charge on any atom is 0.490 e. The van der Waals surface area contributed by atoms with Crippen LogP contribution in [0.2, 0.25) is 0 Å². The molecule has 0 unspecified atom stereocenters. The van der Waals surface area contributed by atoms with Gasteiger partial charge in [-0.2, -0.15) is 13.2 Å². The fourth-order valence-corrected chi connectivity index (χ4v) is 6.04. The van der Waals surface area contributed by atoms with Gasteiger partial charge in [-0.05, 0) is 70.5 Å². The van der Waals surface area contributed by atoms with Crippen LogP contribution in [-0.2, 0) is 35.8 Å². The van der Waals surface area contributed by atoms with E-state index in [0.29, 0.717) is 13.3 Å². The summed E-state index contributed by atoms with van der Waals surface area (Å²) >= 11 is 0. The molecule has 0 aromatic heterocycles. The molecule has 0 bridgehead atoms. The van der Waals surface area contributed by atoms with Gasteiger partial charge in [0.1, 0.15) is 0 Å². The molecule has 0 radical (unpaired) electrons. The second-order valence-corrected chi connectivity index (χ2v) is 12.1. The Morgan fingerprint density at radius 2 is 1.37 bits per heavy atom. The Kier molecular flexibility index (Phi) is 11.9. The Balaban J connectivity index is 0.000000606. The molecule has 258 valence electrons. The first kappa shape index (κ1) is 35.4. The van der Waals surface area contributed by atoms with E-state index in [-0.39, 0.29) is 11.9 Å². The fourth-order valence-electron chi connectivity index (χ4n) is 6.04. The minimum Gasteiger partial charge on any atom is -0.475 e. The number of benzene rings is 4. The summed E-state index contributed by atoms with van der Waals surface area (Å²) in [5, 5.41) is 10.7. The molecule has 49 heavy (non-hydrogen) atoms. The van der Waals surface area contributed by atoms with E-state index in [1.54, 1.807) is 6.92 Å². The number of ether oxygens (including phenoxy) is 2. The molecule has 4 aromatic rings. The van der Waals surface area contributed by atoms with Gasteiger partial charge in [0.25, 0.3) is 0 Å². The number of nitrogens with one attached hydrogen (secondary N) is 1. The standard InChI is InChI=1S/C36H39N3O3.C2HF3O2/c1-27(40)39(34-15-17-38(18-16-34)24-28-7-3-2-4-8-28)25-31-10-6-12-33(20-31)32-11-5-9-29(19-32)22-37-23-30-13-14-35-36(21-30)42-26-41-35;3-2(4,5)1(6)7/h2-14,19-21,34,37H,15-18,22-26H2,1H3;(H,6,7). The quantitative estimate of drug-likeness (QED) is 0.187. The number of carbonyl (C=O) groups excluding carboxylic acids is 1. The van der Waals surface area contributed by atoms with E-state index in [4.69, 9.17) is 19.4 Å². The van der Waals surface area contributed by atoms with Gasteiger partial charge in [-0.1, -0.05) is 72.8 Å². The lowest BCUT2D eigenvalue weighted by Gasteiger charge is -2.38. The molecule has 2 N–H and O–H groups in total. The van der Waals surface area contributed by atoms with Crippen LogP contribution in [0.25, 0.3) is 11.1 Å². The number of aliphatic carboxylic acids is 1. The number of amides is 1. The molecule has 2 aliphatic rings. The molecule has 4 aromatic carbocycles. The van der Waals surface area contributed by atoms with Crippen LogP contribution < -0.4 is 14.8 Å². The average Bonchev–Trinajstić information content (AvgIpc) is 3.56. The molecular formula is C38H40F3N3O5. The number of likely N-dealkylation sites (tertiary alicyclic amines) is 1. The Hall–Kier alpha value is -4.87. The van der Waals surface area contributed by atoms with Crippen LogP contribution in [0.15, 0.2) is 97.1 Å². The second kappa shape index (κ2) is 16.5. The molecule has 2 aliphatic heterocycles. The highest BCUT2D eigenvalue weighted by Crippen LogP contribution is 2.32. The van der Waals surface area contributed by atoms with E-state index in [2.05, 4.69) is 100 Å². The van der Waals surface area contributed by atoms with E-state index in [0.717, 1.165) is 57.1 Å². The summed E-state index contributed by atoms with van der Waals surface area (Å²) in [5.74, 6) is -0.984. The van der Waals surface area contributed by atoms with Crippen LogP contribution in [0.1, 0.15) is 42.0 Å². The molecule has 0 spiro atoms. The first-order valence-corrected chi connectivity index (χ1v) is 16.2. The highest BCUT2D eigenvalue weighted by molar-refractivity contribution is 5.74. The summed E-state index contributed by atoms with van der Waals surface area (Å²) in [5.41, 5.74) is 7.27. The maximum absolute atomic E-state index is 12.8. The lowest BCUT2D eigenvalue weighted by atomic mass is 9.99. The summed E-state index contributed by atoms with van der Waals surface area (Å²) in [7, 11) is 0. The van der Waals surface area contributed by atoms with Gasteiger partial charge in [0.15, 0.2) is 11.5 Å². The Labute approximate surface area is 284 Å². The van der Waals surface area contributed by atoms with E-state index < -0.39 is 12.1 Å². The van der Waals surface area contributed by atoms with Crippen molar-refractivity contribution in [3.63, 3.8) is 0 Å². The third-order valence-electron chi connectivity index (χ3n) is 8.53. The summed E-state index contributed by atoms with van der Waals surface area (Å²) in [6.45, 7) is 7.16. The van der Waals surface area contributed by atoms with Gasteiger partial charge in [0, 0.05) is 52.2 Å². The summed E-state index contributed by atoms with van der Waals surface area (Å²) < 4.78 is 42.6. The molecule has 8 nitrogen and oxygen atoms in total. The number of carboxylic acid groups (broad SMARTS) is 1. The number of fused-ring (bicyclic) bond motifs is 1. The zero-order chi connectivity index (χ0) is 34.8. The van der Waals surface area contributed by atoms with Gasteiger partial charge in [0.05, 0.1) is 0 Å². The van der Waals surface area contributed by atoms with Gasteiger partial charge >= 0.3 is 12.1 Å². The van der Waals surface area contributed by atoms with Crippen LogP contribution >= 0.6 is 0 Å². The highest BCUT2D eigenvalue weighted by atomic mass is 19.4. The number of nitrogens with zero attached hydrogens (tertiary/aromatic N) is 2. The van der Waals surface area contributed by atoms with Crippen LogP contribution in [0.4, 0.5) is 13.2 Å². The second-order valence-electron chi connectivity index (χ2n) is 12.1. The molecule has 0 aliphatic carbocycles. The number of alkyl halides is 3. The predicted octanol–water partition coefficient (Wildman–Crippen LogP) is 7.02. The minimum absolute atomic E-state index is 0.150.